The molecule has 21 heteroatoms. The molecule has 7 aliphatic carbocycles. The largest absolute Gasteiger partial charge is 0.384 e. The topological polar surface area (TPSA) is 194 Å². The number of rotatable bonds is 67. The summed E-state index contributed by atoms with van der Waals surface area (Å²) in [7, 11) is 24.9. The fourth-order valence-electron chi connectivity index (χ4n) is 24.8. The molecule has 870 valence electrons. The fourth-order valence-corrected chi connectivity index (χ4v) is 24.8. The van der Waals surface area contributed by atoms with E-state index in [9.17, 15) is 0 Å². The summed E-state index contributed by atoms with van der Waals surface area (Å²) in [6.07, 6.45) is 44.0. The van der Waals surface area contributed by atoms with E-state index in [4.69, 9.17) is 99.5 Å². The molecule has 14 unspecified atom stereocenters. The molecule has 0 aromatic heterocycles. The van der Waals surface area contributed by atoms with E-state index < -0.39 is 0 Å². The summed E-state index contributed by atoms with van der Waals surface area (Å²) in [5.41, 5.74) is -0.230. The van der Waals surface area contributed by atoms with Crippen LogP contribution in [0.1, 0.15) is 385 Å². The predicted molar refractivity (Wildman–Crippen MR) is 604 cm³/mol. The van der Waals surface area contributed by atoms with Gasteiger partial charge in [0.05, 0.1) is 181 Å². The summed E-state index contributed by atoms with van der Waals surface area (Å²) < 4.78 is 122. The van der Waals surface area contributed by atoms with Gasteiger partial charge in [-0.15, -0.1) is 0 Å². The number of hydrogen-bond donors (Lipinski definition) is 0. The SMILES string of the molecule is CCC(C)C(COC)(COC)COC(C)(C)C1CCCCC1.CCC(C)C(COC)(COC)COC1C(C(C)C)CCCC1C(C)C.CCC(C)C(COC)(COC)COC1C(C)CCCC1C.CCC(C)C(COC)(COC)COC1CCC(C)CC1C(C)C.CCC(C)C(COC)(COC)COC1CCC1.CCC(C)C(COC)(COC)COC1CCCC1.CCC(C)C(COC)(COC)COC1CCCCC1. The van der Waals surface area contributed by atoms with Crippen LogP contribution in [0.5, 0.6) is 0 Å². The molecule has 0 aromatic rings. The molecule has 0 amide bonds. The van der Waals surface area contributed by atoms with E-state index in [1.54, 1.807) is 99.5 Å². The van der Waals surface area contributed by atoms with E-state index in [0.717, 1.165) is 90.5 Å². The molecule has 14 atom stereocenters. The maximum Gasteiger partial charge on any atom is 0.0654 e. The second-order valence-electron chi connectivity index (χ2n) is 49.5. The third-order valence-electron chi connectivity index (χ3n) is 37.4. The van der Waals surface area contributed by atoms with Crippen LogP contribution < -0.4 is 0 Å². The first-order valence-corrected chi connectivity index (χ1v) is 59.4. The van der Waals surface area contributed by atoms with Gasteiger partial charge in [-0.05, 0) is 217 Å². The van der Waals surface area contributed by atoms with Crippen LogP contribution in [0.15, 0.2) is 0 Å². The molecule has 0 bridgehead atoms. The smallest absolute Gasteiger partial charge is 0.0654 e. The van der Waals surface area contributed by atoms with Crippen molar-refractivity contribution in [3.63, 3.8) is 0 Å². The van der Waals surface area contributed by atoms with Crippen molar-refractivity contribution < 1.29 is 99.5 Å². The first-order valence-electron chi connectivity index (χ1n) is 59.4. The van der Waals surface area contributed by atoms with Crippen molar-refractivity contribution in [2.75, 3.05) is 238 Å². The van der Waals surface area contributed by atoms with Crippen molar-refractivity contribution in [1.29, 1.82) is 0 Å². The minimum Gasteiger partial charge on any atom is -0.384 e. The van der Waals surface area contributed by atoms with Gasteiger partial charge in [-0.2, -0.15) is 0 Å². The summed E-state index contributed by atoms with van der Waals surface area (Å²) in [6.45, 7) is 72.3. The molecule has 0 radical (unpaired) electrons. The van der Waals surface area contributed by atoms with Crippen LogP contribution in [-0.2, 0) is 99.5 Å². The summed E-state index contributed by atoms with van der Waals surface area (Å²) in [5, 5.41) is 0. The van der Waals surface area contributed by atoms with Crippen molar-refractivity contribution in [2.24, 2.45) is 139 Å². The third kappa shape index (κ3) is 48.6. The Kier molecular flexibility index (Phi) is 77.6. The second kappa shape index (κ2) is 79.2. The Balaban J connectivity index is 0.000000849. The summed E-state index contributed by atoms with van der Waals surface area (Å²) in [6, 6.07) is 0. The van der Waals surface area contributed by atoms with Crippen LogP contribution in [0.3, 0.4) is 0 Å². The van der Waals surface area contributed by atoms with Crippen molar-refractivity contribution in [1.82, 2.24) is 0 Å². The zero-order chi connectivity index (χ0) is 109. The molecule has 0 saturated heterocycles. The summed E-state index contributed by atoms with van der Waals surface area (Å²) in [5.74, 6) is 10.6. The van der Waals surface area contributed by atoms with Gasteiger partial charge in [-0.3, -0.25) is 0 Å². The molecule has 0 spiro atoms. The molecule has 7 saturated carbocycles. The highest BCUT2D eigenvalue weighted by atomic mass is 16.5. The van der Waals surface area contributed by atoms with Crippen molar-refractivity contribution in [3.05, 3.63) is 0 Å². The van der Waals surface area contributed by atoms with Gasteiger partial charge in [-0.25, -0.2) is 0 Å². The zero-order valence-electron chi connectivity index (χ0n) is 103. The van der Waals surface area contributed by atoms with Gasteiger partial charge >= 0.3 is 0 Å². The lowest BCUT2D eigenvalue weighted by Gasteiger charge is -2.45. The minimum absolute atomic E-state index is 0.000833. The Morgan fingerprint density at radius 3 is 0.683 bits per heavy atom. The van der Waals surface area contributed by atoms with E-state index in [2.05, 4.69) is 173 Å². The first kappa shape index (κ1) is 142. The van der Waals surface area contributed by atoms with Crippen LogP contribution >= 0.6 is 0 Å². The normalized spacial score (nSPS) is 23.2. The molecule has 7 rings (SSSR count). The zero-order valence-corrected chi connectivity index (χ0v) is 103. The second-order valence-corrected chi connectivity index (χ2v) is 49.5. The average molecular weight is 2080 g/mol. The first-order chi connectivity index (χ1) is 69.2. The Morgan fingerprint density at radius 2 is 0.434 bits per heavy atom. The highest BCUT2D eigenvalue weighted by Crippen LogP contribution is 2.47. The molecular formula is C124H248O21. The lowest BCUT2D eigenvalue weighted by atomic mass is 9.69. The standard InChI is InChI=1S/C22H44O3.C20H40O3.C19H38O3.C18H36O3.C16H32O3.C15H30O3.C14H28O3/c1-9-18(6)22(13-23-7,14-24-8)15-25-21-19(16(2)3)11-10-12-20(21)17(4)5;1-8-17(5)20(12-21-6,13-22-7)14-23-19-10-9-16(4)11-18(19)15(2)3;1-7-16(2)19(13-20-5,14-21-6)15-22-18(3,4)17-11-9-8-10-12-17;1-7-16(4)18(11-19-5,12-20-6)13-21-17-14(2)9-8-10-15(17)3;1-5-14(2)16(11-17-3,12-18-4)13-19-15-9-7-6-8-10-15;1-5-13(2)15(10-16-3,11-17-4)12-18-14-8-6-7-9-14;1-5-12(2)14(9-15-3,10-16-4)11-17-13-7-6-8-13/h16-21H,9-15H2,1-8H3;15-19H,8-14H2,1-7H3;16-17H,7-15H2,1-6H3;14-17H,7-13H2,1-6H3;14-15H,5-13H2,1-4H3;13-14H,5-12H2,1-4H3;12-13H,5-11H2,1-4H3. The highest BCUT2D eigenvalue weighted by Gasteiger charge is 2.48. The highest BCUT2D eigenvalue weighted by molar-refractivity contribution is 4.96. The molecule has 7 aliphatic rings. The maximum atomic E-state index is 6.76. The van der Waals surface area contributed by atoms with Crippen molar-refractivity contribution >= 4 is 0 Å². The number of methoxy groups -OCH3 is 14. The number of ether oxygens (including phenoxy) is 21. The lowest BCUT2D eigenvalue weighted by Crippen LogP contribution is -2.47. The fraction of sp³-hybridized carbons (Fsp3) is 1.00. The van der Waals surface area contributed by atoms with Crippen LogP contribution in [0.4, 0.5) is 0 Å². The van der Waals surface area contributed by atoms with Gasteiger partial charge in [0.25, 0.3) is 0 Å². The Labute approximate surface area is 898 Å². The third-order valence-corrected chi connectivity index (χ3v) is 37.4. The Hall–Kier alpha value is -0.840. The van der Waals surface area contributed by atoms with Gasteiger partial charge in [0.15, 0.2) is 0 Å². The number of hydrogen-bond acceptors (Lipinski definition) is 21. The van der Waals surface area contributed by atoms with Crippen molar-refractivity contribution in [2.45, 2.75) is 427 Å². The maximum absolute atomic E-state index is 6.76. The quantitative estimate of drug-likeness (QED) is 0.0557. The molecule has 0 aromatic carbocycles. The van der Waals surface area contributed by atoms with Crippen LogP contribution in [0, 0.1) is 139 Å². The molecular weight excluding hydrogens is 1830 g/mol. The molecule has 0 heterocycles. The summed E-state index contributed by atoms with van der Waals surface area (Å²) in [4.78, 5) is 0. The van der Waals surface area contributed by atoms with E-state index in [-0.39, 0.29) is 43.5 Å². The van der Waals surface area contributed by atoms with E-state index >= 15 is 0 Å². The van der Waals surface area contributed by atoms with E-state index in [0.29, 0.717) is 230 Å². The van der Waals surface area contributed by atoms with Crippen LogP contribution in [0.25, 0.3) is 0 Å². The van der Waals surface area contributed by atoms with Gasteiger partial charge in [0.1, 0.15) is 0 Å². The molecule has 0 aliphatic heterocycles. The molecule has 7 fully saturated rings. The average Bonchev–Trinajstić information content (AvgIpc) is 1.09. The van der Waals surface area contributed by atoms with Gasteiger partial charge in [0.2, 0.25) is 0 Å². The monoisotopic (exact) mass is 2070 g/mol. The Bertz CT molecular complexity index is 2890. The van der Waals surface area contributed by atoms with E-state index in [1.165, 1.54) is 167 Å². The van der Waals surface area contributed by atoms with Crippen LogP contribution in [-0.4, -0.2) is 281 Å². The van der Waals surface area contributed by atoms with Crippen LogP contribution in [0.2, 0.25) is 0 Å². The van der Waals surface area contributed by atoms with Gasteiger partial charge in [0, 0.05) is 137 Å². The Morgan fingerprint density at radius 1 is 0.214 bits per heavy atom. The molecule has 0 N–H and O–H groups in total. The van der Waals surface area contributed by atoms with Gasteiger partial charge in [-0.1, -0.05) is 268 Å². The minimum atomic E-state index is -0.0568. The molecule has 21 nitrogen and oxygen atoms in total. The summed E-state index contributed by atoms with van der Waals surface area (Å²) >= 11 is 0. The van der Waals surface area contributed by atoms with Crippen molar-refractivity contribution in [3.8, 4) is 0 Å². The molecule has 145 heavy (non-hydrogen) atoms. The lowest BCUT2D eigenvalue weighted by molar-refractivity contribution is -0.144. The predicted octanol–water partition coefficient (Wildman–Crippen LogP) is 28.9. The van der Waals surface area contributed by atoms with E-state index in [1.807, 2.05) is 0 Å². The van der Waals surface area contributed by atoms with Gasteiger partial charge < -0.3 is 99.5 Å².